The second-order valence-corrected chi connectivity index (χ2v) is 9.87. The molecule has 0 saturated carbocycles. The molecule has 1 N–H and O–H groups in total. The number of nitrogens with one attached hydrogen (secondary N) is 1. The maximum Gasteiger partial charge on any atom is 0.296 e. The summed E-state index contributed by atoms with van der Waals surface area (Å²) < 4.78 is 49.5. The summed E-state index contributed by atoms with van der Waals surface area (Å²) in [6, 6.07) is 9.21. The van der Waals surface area contributed by atoms with Crippen molar-refractivity contribution in [1.29, 1.82) is 0 Å². The second kappa shape index (κ2) is 10.7. The van der Waals surface area contributed by atoms with Crippen molar-refractivity contribution >= 4 is 28.1 Å². The number of hydrogen-bond acceptors (Lipinski definition) is 10. The first-order valence-corrected chi connectivity index (χ1v) is 13.1. The predicted octanol–water partition coefficient (Wildman–Crippen LogP) is 5.03. The molecule has 1 aliphatic rings. The van der Waals surface area contributed by atoms with Crippen molar-refractivity contribution in [2.45, 2.75) is 32.3 Å². The Bertz CT molecular complexity index is 1710. The topological polar surface area (TPSA) is 112 Å². The molecule has 0 spiro atoms. The van der Waals surface area contributed by atoms with Gasteiger partial charge in [-0.1, -0.05) is 0 Å². The molecule has 4 aromatic heterocycles. The van der Waals surface area contributed by atoms with Gasteiger partial charge in [0.25, 0.3) is 11.8 Å². The number of alkyl halides is 2. The van der Waals surface area contributed by atoms with Crippen molar-refractivity contribution in [3.05, 3.63) is 60.9 Å². The fourth-order valence-electron chi connectivity index (χ4n) is 4.80. The average molecular weight is 563 g/mol. The van der Waals surface area contributed by atoms with E-state index in [1.54, 1.807) is 35.8 Å². The van der Waals surface area contributed by atoms with Crippen LogP contribution >= 0.6 is 0 Å². The predicted molar refractivity (Wildman–Crippen MR) is 148 cm³/mol. The minimum absolute atomic E-state index is 0.0859. The maximum atomic E-state index is 15.0. The number of hydrogen-bond donors (Lipinski definition) is 1. The van der Waals surface area contributed by atoms with E-state index in [4.69, 9.17) is 14.2 Å². The van der Waals surface area contributed by atoms with E-state index in [-0.39, 0.29) is 24.7 Å². The Morgan fingerprint density at radius 3 is 2.83 bits per heavy atom. The van der Waals surface area contributed by atoms with Crippen LogP contribution in [0.4, 0.5) is 20.3 Å². The molecule has 1 saturated heterocycles. The quantitative estimate of drug-likeness (QED) is 0.276. The molecule has 1 fully saturated rings. The van der Waals surface area contributed by atoms with Gasteiger partial charge in [0.1, 0.15) is 30.0 Å². The van der Waals surface area contributed by atoms with E-state index in [0.29, 0.717) is 40.5 Å². The lowest BCUT2D eigenvalue weighted by molar-refractivity contribution is -0.135. The molecule has 1 aromatic carbocycles. The van der Waals surface area contributed by atoms with Gasteiger partial charge in [-0.05, 0) is 56.8 Å². The van der Waals surface area contributed by atoms with Crippen LogP contribution in [0, 0.1) is 6.92 Å². The van der Waals surface area contributed by atoms with Crippen molar-refractivity contribution in [1.82, 2.24) is 34.4 Å². The van der Waals surface area contributed by atoms with Gasteiger partial charge >= 0.3 is 0 Å². The van der Waals surface area contributed by atoms with Crippen LogP contribution in [0.2, 0.25) is 0 Å². The third-order valence-corrected chi connectivity index (χ3v) is 6.80. The first-order chi connectivity index (χ1) is 19.8. The van der Waals surface area contributed by atoms with Gasteiger partial charge in [-0.2, -0.15) is 0 Å². The van der Waals surface area contributed by atoms with E-state index in [9.17, 15) is 8.78 Å². The summed E-state index contributed by atoms with van der Waals surface area (Å²) in [5.74, 6) is -1.21. The van der Waals surface area contributed by atoms with Crippen molar-refractivity contribution in [3.8, 4) is 23.1 Å². The lowest BCUT2D eigenvalue weighted by Crippen LogP contribution is -2.52. The number of ether oxygens (including phenoxy) is 3. The van der Waals surface area contributed by atoms with E-state index in [0.717, 1.165) is 11.2 Å². The Morgan fingerprint density at radius 1 is 1.15 bits per heavy atom. The smallest absolute Gasteiger partial charge is 0.296 e. The average Bonchev–Trinajstić information content (AvgIpc) is 3.41. The largest absolute Gasteiger partial charge is 0.478 e. The molecule has 13 heteroatoms. The third-order valence-electron chi connectivity index (χ3n) is 6.80. The van der Waals surface area contributed by atoms with Crippen LogP contribution in [-0.4, -0.2) is 73.2 Å². The molecule has 0 amide bonds. The lowest BCUT2D eigenvalue weighted by atomic mass is 10.0. The zero-order valence-corrected chi connectivity index (χ0v) is 22.7. The van der Waals surface area contributed by atoms with Crippen LogP contribution in [0.5, 0.6) is 23.1 Å². The molecule has 0 bridgehead atoms. The zero-order chi connectivity index (χ0) is 28.6. The number of nitrogens with zero attached hydrogens (tertiary/aromatic N) is 7. The van der Waals surface area contributed by atoms with Gasteiger partial charge in [0.15, 0.2) is 17.5 Å². The summed E-state index contributed by atoms with van der Waals surface area (Å²) in [5, 5.41) is 11.6. The molecule has 0 aliphatic carbocycles. The molecular weight excluding hydrogens is 534 g/mol. The van der Waals surface area contributed by atoms with Crippen molar-refractivity contribution in [2.24, 2.45) is 0 Å². The summed E-state index contributed by atoms with van der Waals surface area (Å²) in [7, 11) is 1.67. The molecule has 1 atom stereocenters. The molecule has 6 rings (SSSR count). The monoisotopic (exact) mass is 562 g/mol. The van der Waals surface area contributed by atoms with Crippen molar-refractivity contribution in [3.63, 3.8) is 0 Å². The fraction of sp³-hybridized carbons (Fsp3) is 0.321. The van der Waals surface area contributed by atoms with Crippen molar-refractivity contribution < 1.29 is 23.0 Å². The molecule has 5 heterocycles. The number of anilines is 2. The minimum Gasteiger partial charge on any atom is -0.478 e. The van der Waals surface area contributed by atoms with Crippen LogP contribution in [-0.2, 0) is 0 Å². The molecule has 212 valence electrons. The fourth-order valence-corrected chi connectivity index (χ4v) is 4.80. The highest BCUT2D eigenvalue weighted by Crippen LogP contribution is 2.41. The van der Waals surface area contributed by atoms with E-state index in [1.165, 1.54) is 12.5 Å². The van der Waals surface area contributed by atoms with Gasteiger partial charge in [-0.25, -0.2) is 23.7 Å². The molecule has 0 radical (unpaired) electrons. The summed E-state index contributed by atoms with van der Waals surface area (Å²) in [5.41, 5.74) is 2.71. The van der Waals surface area contributed by atoms with Gasteiger partial charge in [-0.15, -0.1) is 10.2 Å². The normalized spacial score (nSPS) is 17.0. The number of pyridine rings is 2. The number of rotatable bonds is 8. The first-order valence-electron chi connectivity index (χ1n) is 13.1. The third kappa shape index (κ3) is 5.40. The van der Waals surface area contributed by atoms with Crippen molar-refractivity contribution in [2.75, 3.05) is 32.1 Å². The zero-order valence-electron chi connectivity index (χ0n) is 22.7. The number of halogens is 2. The Morgan fingerprint density at radius 2 is 2.02 bits per heavy atom. The molecule has 5 aromatic rings. The van der Waals surface area contributed by atoms with Gasteiger partial charge in [0, 0.05) is 18.7 Å². The number of aromatic nitrogens is 6. The molecule has 11 nitrogen and oxygen atoms in total. The first kappa shape index (κ1) is 26.6. The van der Waals surface area contributed by atoms with Crippen LogP contribution < -0.4 is 19.5 Å². The minimum atomic E-state index is -3.06. The molecule has 41 heavy (non-hydrogen) atoms. The van der Waals surface area contributed by atoms with Gasteiger partial charge < -0.3 is 24.4 Å². The Hall–Kier alpha value is -4.65. The molecule has 1 aliphatic heterocycles. The highest BCUT2D eigenvalue weighted by atomic mass is 19.3. The number of aryl methyl sites for hydroxylation is 1. The summed E-state index contributed by atoms with van der Waals surface area (Å²) in [6.07, 6.45) is 5.09. The number of piperidine rings is 1. The van der Waals surface area contributed by atoms with Crippen LogP contribution in [0.25, 0.3) is 16.6 Å². The maximum absolute atomic E-state index is 15.0. The van der Waals surface area contributed by atoms with Crippen LogP contribution in [0.1, 0.15) is 18.9 Å². The highest BCUT2D eigenvalue weighted by molar-refractivity contribution is 5.96. The molecule has 0 unspecified atom stereocenters. The van der Waals surface area contributed by atoms with E-state index in [2.05, 4.69) is 30.5 Å². The standard InChI is InChI=1S/C28H28F2N8O3/c1-4-39-27-25(41-22-9-10-37(3)14-28(22,29)30)24-20(12-31-27)32-15-33-26(24)35-18-5-7-21(17(2)11-18)40-19-6-8-23-36-34-16-38(23)13-19/h5-8,11-13,15-16,22H,4,9-10,14H2,1-3H3,(H,32,33,35)/t22-/m0/s1. The number of benzene rings is 1. The summed E-state index contributed by atoms with van der Waals surface area (Å²) in [6.45, 7) is 4.06. The number of likely N-dealkylation sites (tertiary alicyclic amines) is 1. The van der Waals surface area contributed by atoms with Gasteiger partial charge in [0.05, 0.1) is 36.4 Å². The summed E-state index contributed by atoms with van der Waals surface area (Å²) >= 11 is 0. The van der Waals surface area contributed by atoms with Crippen LogP contribution in [0.3, 0.4) is 0 Å². The van der Waals surface area contributed by atoms with E-state index in [1.807, 2.05) is 37.3 Å². The Labute approximate surface area is 234 Å². The van der Waals surface area contributed by atoms with E-state index >= 15 is 0 Å². The van der Waals surface area contributed by atoms with E-state index < -0.39 is 18.6 Å². The SMILES string of the molecule is CCOc1ncc2ncnc(Nc3ccc(Oc4ccc5nncn5c4)c(C)c3)c2c1O[C@H]1CCN(C)CC1(F)F. The second-order valence-electron chi connectivity index (χ2n) is 9.87. The lowest BCUT2D eigenvalue weighted by Gasteiger charge is -2.36. The summed E-state index contributed by atoms with van der Waals surface area (Å²) in [4.78, 5) is 14.6. The number of fused-ring (bicyclic) bond motifs is 2. The molecular formula is C28H28F2N8O3. The van der Waals surface area contributed by atoms with Crippen LogP contribution in [0.15, 0.2) is 55.4 Å². The highest BCUT2D eigenvalue weighted by Gasteiger charge is 2.46. The van der Waals surface area contributed by atoms with Gasteiger partial charge in [0.2, 0.25) is 0 Å². The van der Waals surface area contributed by atoms with Gasteiger partial charge in [-0.3, -0.25) is 4.40 Å². The Balaban J connectivity index is 1.32. The Kier molecular flexibility index (Phi) is 6.95.